The Balaban J connectivity index is 4.14. The van der Waals surface area contributed by atoms with Crippen LogP contribution >= 0.6 is 11.6 Å². The Morgan fingerprint density at radius 1 is 1.46 bits per heavy atom. The Bertz CT molecular complexity index is 229. The number of terminal acetylenes is 2. The van der Waals surface area contributed by atoms with E-state index in [1.165, 1.54) is 0 Å². The maximum absolute atomic E-state index is 11.2. The van der Waals surface area contributed by atoms with Crippen molar-refractivity contribution < 1.29 is 9.53 Å². The Labute approximate surface area is 83.6 Å². The van der Waals surface area contributed by atoms with Crippen molar-refractivity contribution in [2.75, 3.05) is 0 Å². The second kappa shape index (κ2) is 6.40. The molecule has 0 aliphatic heterocycles. The highest BCUT2D eigenvalue weighted by molar-refractivity contribution is 6.19. The Morgan fingerprint density at radius 3 is 2.23 bits per heavy atom. The molecule has 0 aromatic carbocycles. The van der Waals surface area contributed by atoms with Gasteiger partial charge in [-0.05, 0) is 6.92 Å². The van der Waals surface area contributed by atoms with Gasteiger partial charge in [0, 0.05) is 12.8 Å². The maximum Gasteiger partial charge on any atom is 0.312 e. The van der Waals surface area contributed by atoms with E-state index in [1.807, 2.05) is 0 Å². The van der Waals surface area contributed by atoms with Crippen LogP contribution in [-0.4, -0.2) is 11.5 Å². The molecule has 3 heteroatoms. The minimum absolute atomic E-state index is 0.284. The number of carbonyl (C=O) groups excluding carboxylic acids is 1. The second-order valence-corrected chi connectivity index (χ2v) is 3.11. The molecule has 0 bridgehead atoms. The van der Waals surface area contributed by atoms with Crippen molar-refractivity contribution in [3.05, 3.63) is 0 Å². The van der Waals surface area contributed by atoms with Gasteiger partial charge in [0.05, 0.1) is 5.92 Å². The van der Waals surface area contributed by atoms with E-state index < -0.39 is 17.5 Å². The Morgan fingerprint density at radius 2 is 1.92 bits per heavy atom. The van der Waals surface area contributed by atoms with Crippen LogP contribution < -0.4 is 0 Å². The zero-order chi connectivity index (χ0) is 10.3. The topological polar surface area (TPSA) is 26.3 Å². The van der Waals surface area contributed by atoms with Crippen LogP contribution in [0.5, 0.6) is 0 Å². The second-order valence-electron chi connectivity index (χ2n) is 2.49. The van der Waals surface area contributed by atoms with Gasteiger partial charge in [0.2, 0.25) is 0 Å². The molecule has 13 heavy (non-hydrogen) atoms. The first kappa shape index (κ1) is 11.9. The van der Waals surface area contributed by atoms with Gasteiger partial charge in [0.25, 0.3) is 0 Å². The number of halogens is 1. The average molecular weight is 199 g/mol. The number of alkyl halides is 1. The summed E-state index contributed by atoms with van der Waals surface area (Å²) >= 11 is 5.47. The fourth-order valence-corrected chi connectivity index (χ4v) is 0.867. The van der Waals surface area contributed by atoms with Crippen molar-refractivity contribution in [2.24, 2.45) is 5.92 Å². The van der Waals surface area contributed by atoms with E-state index in [2.05, 4.69) is 11.8 Å². The molecule has 0 amide bonds. The summed E-state index contributed by atoms with van der Waals surface area (Å²) in [5.41, 5.74) is -0.648. The van der Waals surface area contributed by atoms with Gasteiger partial charge < -0.3 is 4.74 Å². The van der Waals surface area contributed by atoms with E-state index in [0.717, 1.165) is 0 Å². The van der Waals surface area contributed by atoms with Crippen LogP contribution in [0.4, 0.5) is 0 Å². The summed E-state index contributed by atoms with van der Waals surface area (Å²) in [6.07, 6.45) is 10.7. The standard InChI is InChI=1S/C10H11ClO2/c1-4-6-9(7-5-2)10(12)13-8(3)11/h1-2,8-9H,6-7H2,3H3. The molecule has 0 aliphatic carbocycles. The number of carbonyl (C=O) groups is 1. The molecule has 70 valence electrons. The van der Waals surface area contributed by atoms with Crippen LogP contribution in [0, 0.1) is 30.6 Å². The molecule has 0 saturated heterocycles. The predicted octanol–water partition coefficient (Wildman–Crippen LogP) is 1.78. The largest absolute Gasteiger partial charge is 0.446 e. The maximum atomic E-state index is 11.2. The van der Waals surface area contributed by atoms with Gasteiger partial charge in [0.1, 0.15) is 0 Å². The van der Waals surface area contributed by atoms with Crippen molar-refractivity contribution >= 4 is 17.6 Å². The molecular formula is C10H11ClO2. The number of ether oxygens (including phenoxy) is 1. The van der Waals surface area contributed by atoms with Crippen LogP contribution in [0.3, 0.4) is 0 Å². The number of rotatable bonds is 4. The minimum Gasteiger partial charge on any atom is -0.446 e. The molecular weight excluding hydrogens is 188 g/mol. The quantitative estimate of drug-likeness (QED) is 0.391. The first-order valence-corrected chi connectivity index (χ1v) is 4.27. The summed E-state index contributed by atoms with van der Waals surface area (Å²) in [7, 11) is 0. The number of hydrogen-bond acceptors (Lipinski definition) is 2. The van der Waals surface area contributed by atoms with Crippen LogP contribution in [0.2, 0.25) is 0 Å². The molecule has 0 radical (unpaired) electrons. The van der Waals surface area contributed by atoms with Crippen molar-refractivity contribution in [2.45, 2.75) is 25.3 Å². The van der Waals surface area contributed by atoms with Crippen LogP contribution in [0.15, 0.2) is 0 Å². The molecule has 1 atom stereocenters. The van der Waals surface area contributed by atoms with Gasteiger partial charge in [-0.2, -0.15) is 0 Å². The summed E-state index contributed by atoms with van der Waals surface area (Å²) in [5.74, 6) is 3.87. The van der Waals surface area contributed by atoms with E-state index in [4.69, 9.17) is 29.2 Å². The van der Waals surface area contributed by atoms with Gasteiger partial charge in [-0.25, -0.2) is 0 Å². The van der Waals surface area contributed by atoms with Gasteiger partial charge in [0.15, 0.2) is 5.56 Å². The molecule has 0 aromatic rings. The van der Waals surface area contributed by atoms with Crippen molar-refractivity contribution in [3.8, 4) is 24.7 Å². The predicted molar refractivity (Wildman–Crippen MR) is 51.8 cm³/mol. The minimum atomic E-state index is -0.648. The smallest absolute Gasteiger partial charge is 0.312 e. The van der Waals surface area contributed by atoms with E-state index in [1.54, 1.807) is 6.92 Å². The molecule has 0 rings (SSSR count). The molecule has 2 nitrogen and oxygen atoms in total. The molecule has 0 N–H and O–H groups in total. The molecule has 1 unspecified atom stereocenters. The molecule has 0 aromatic heterocycles. The molecule has 0 spiro atoms. The van der Waals surface area contributed by atoms with E-state index in [0.29, 0.717) is 0 Å². The van der Waals surface area contributed by atoms with Gasteiger partial charge in [-0.1, -0.05) is 11.6 Å². The van der Waals surface area contributed by atoms with Crippen LogP contribution in [0.1, 0.15) is 19.8 Å². The molecule has 0 fully saturated rings. The molecule has 0 saturated carbocycles. The third kappa shape index (κ3) is 5.17. The zero-order valence-electron chi connectivity index (χ0n) is 7.42. The first-order valence-electron chi connectivity index (χ1n) is 3.83. The van der Waals surface area contributed by atoms with Crippen LogP contribution in [0.25, 0.3) is 0 Å². The highest BCUT2D eigenvalue weighted by atomic mass is 35.5. The van der Waals surface area contributed by atoms with Crippen molar-refractivity contribution in [1.82, 2.24) is 0 Å². The van der Waals surface area contributed by atoms with Crippen molar-refractivity contribution in [1.29, 1.82) is 0 Å². The van der Waals surface area contributed by atoms with Crippen molar-refractivity contribution in [3.63, 3.8) is 0 Å². The van der Waals surface area contributed by atoms with E-state index in [-0.39, 0.29) is 12.8 Å². The fourth-order valence-electron chi connectivity index (χ4n) is 0.780. The summed E-state index contributed by atoms with van der Waals surface area (Å²) in [6, 6.07) is 0. The fraction of sp³-hybridized carbons (Fsp3) is 0.500. The SMILES string of the molecule is C#CCC(CC#C)C(=O)OC(C)Cl. The summed E-state index contributed by atoms with van der Waals surface area (Å²) in [4.78, 5) is 11.2. The van der Waals surface area contributed by atoms with Gasteiger partial charge >= 0.3 is 5.97 Å². The monoisotopic (exact) mass is 198 g/mol. The van der Waals surface area contributed by atoms with Gasteiger partial charge in [-0.15, -0.1) is 24.7 Å². The number of hydrogen-bond donors (Lipinski definition) is 0. The van der Waals surface area contributed by atoms with E-state index >= 15 is 0 Å². The highest BCUT2D eigenvalue weighted by Gasteiger charge is 2.19. The third-order valence-electron chi connectivity index (χ3n) is 1.34. The molecule has 0 aliphatic rings. The summed E-state index contributed by atoms with van der Waals surface area (Å²) < 4.78 is 4.75. The lowest BCUT2D eigenvalue weighted by Crippen LogP contribution is -2.19. The molecule has 0 heterocycles. The Hall–Kier alpha value is -1.12. The first-order chi connectivity index (χ1) is 6.11. The zero-order valence-corrected chi connectivity index (χ0v) is 8.17. The highest BCUT2D eigenvalue weighted by Crippen LogP contribution is 2.11. The average Bonchev–Trinajstić information content (AvgIpc) is 2.02. The normalized spacial score (nSPS) is 11.5. The third-order valence-corrected chi connectivity index (χ3v) is 1.43. The lowest BCUT2D eigenvalue weighted by Gasteiger charge is -2.11. The summed E-state index contributed by atoms with van der Waals surface area (Å²) in [6.45, 7) is 1.56. The lowest BCUT2D eigenvalue weighted by molar-refractivity contribution is -0.149. The summed E-state index contributed by atoms with van der Waals surface area (Å²) in [5, 5.41) is 0. The lowest BCUT2D eigenvalue weighted by atomic mass is 10.0. The van der Waals surface area contributed by atoms with Gasteiger partial charge in [-0.3, -0.25) is 4.79 Å². The number of esters is 1. The van der Waals surface area contributed by atoms with E-state index in [9.17, 15) is 4.79 Å². The van der Waals surface area contributed by atoms with Crippen LogP contribution in [-0.2, 0) is 9.53 Å². The Kier molecular flexibility index (Phi) is 5.85.